The third-order valence-electron chi connectivity index (χ3n) is 4.87. The lowest BCUT2D eigenvalue weighted by molar-refractivity contribution is -0.129. The molecule has 0 aliphatic carbocycles. The van der Waals surface area contributed by atoms with Crippen molar-refractivity contribution in [1.82, 2.24) is 15.1 Å². The first kappa shape index (κ1) is 19.8. The van der Waals surface area contributed by atoms with Crippen LogP contribution in [-0.2, 0) is 4.79 Å². The number of thioether (sulfide) groups is 1. The van der Waals surface area contributed by atoms with Crippen molar-refractivity contribution in [2.24, 2.45) is 0 Å². The molecule has 0 saturated carbocycles. The van der Waals surface area contributed by atoms with E-state index in [1.165, 1.54) is 11.8 Å². The predicted octanol–water partition coefficient (Wildman–Crippen LogP) is 4.85. The van der Waals surface area contributed by atoms with Crippen molar-refractivity contribution >= 4 is 29.3 Å². The Hall–Kier alpha value is -2.51. The highest BCUT2D eigenvalue weighted by Crippen LogP contribution is 2.34. The SMILES string of the molecule is COc1cccc(C2CCCN2C(=O)CSc2nnc(-c3ccc(Cl)cc3)o2)c1. The lowest BCUT2D eigenvalue weighted by Gasteiger charge is -2.25. The fourth-order valence-electron chi connectivity index (χ4n) is 3.44. The topological polar surface area (TPSA) is 68.5 Å². The molecule has 6 nitrogen and oxygen atoms in total. The first-order valence-corrected chi connectivity index (χ1v) is 10.7. The number of carbonyl (C=O) groups excluding carboxylic acids is 1. The van der Waals surface area contributed by atoms with Crippen LogP contribution in [0.2, 0.25) is 5.02 Å². The molecule has 0 spiro atoms. The van der Waals surface area contributed by atoms with Crippen molar-refractivity contribution in [3.05, 3.63) is 59.1 Å². The Bertz CT molecular complexity index is 993. The number of nitrogens with zero attached hydrogens (tertiary/aromatic N) is 3. The third-order valence-corrected chi connectivity index (χ3v) is 5.92. The quantitative estimate of drug-likeness (QED) is 0.521. The van der Waals surface area contributed by atoms with Crippen molar-refractivity contribution < 1.29 is 13.9 Å². The Kier molecular flexibility index (Phi) is 6.06. The number of carbonyl (C=O) groups is 1. The summed E-state index contributed by atoms with van der Waals surface area (Å²) in [5.41, 5.74) is 1.89. The molecule has 2 heterocycles. The standard InChI is InChI=1S/C21H20ClN3O3S/c1-27-17-5-2-4-15(12-17)18-6-3-11-25(18)19(26)13-29-21-24-23-20(28-21)14-7-9-16(22)10-8-14/h2,4-5,7-10,12,18H,3,6,11,13H2,1H3. The van der Waals surface area contributed by atoms with Gasteiger partial charge in [-0.1, -0.05) is 35.5 Å². The lowest BCUT2D eigenvalue weighted by Crippen LogP contribution is -2.31. The third kappa shape index (κ3) is 4.57. The fourth-order valence-corrected chi connectivity index (χ4v) is 4.22. The molecular weight excluding hydrogens is 410 g/mol. The van der Waals surface area contributed by atoms with E-state index < -0.39 is 0 Å². The fraction of sp³-hybridized carbons (Fsp3) is 0.286. The summed E-state index contributed by atoms with van der Waals surface area (Å²) in [6, 6.07) is 15.2. The normalized spacial score (nSPS) is 16.2. The number of likely N-dealkylation sites (tertiary alicyclic amines) is 1. The molecule has 1 saturated heterocycles. The number of methoxy groups -OCH3 is 1. The molecule has 1 aromatic heterocycles. The van der Waals surface area contributed by atoms with Crippen LogP contribution in [0.3, 0.4) is 0 Å². The lowest BCUT2D eigenvalue weighted by atomic mass is 10.0. The number of benzene rings is 2. The Labute approximate surface area is 178 Å². The van der Waals surface area contributed by atoms with E-state index in [1.807, 2.05) is 41.3 Å². The number of ether oxygens (including phenoxy) is 1. The molecular formula is C21H20ClN3O3S. The van der Waals surface area contributed by atoms with Crippen LogP contribution in [0.5, 0.6) is 5.75 Å². The molecule has 1 aliphatic rings. The van der Waals surface area contributed by atoms with E-state index in [4.69, 9.17) is 20.8 Å². The van der Waals surface area contributed by atoms with Crippen LogP contribution in [0, 0.1) is 0 Å². The van der Waals surface area contributed by atoms with Crippen LogP contribution in [0.25, 0.3) is 11.5 Å². The van der Waals surface area contributed by atoms with Gasteiger partial charge in [-0.2, -0.15) is 0 Å². The van der Waals surface area contributed by atoms with E-state index in [0.717, 1.165) is 36.3 Å². The minimum atomic E-state index is 0.0616. The van der Waals surface area contributed by atoms with E-state index >= 15 is 0 Å². The minimum Gasteiger partial charge on any atom is -0.497 e. The van der Waals surface area contributed by atoms with Gasteiger partial charge in [0.15, 0.2) is 0 Å². The molecule has 3 aromatic rings. The molecule has 0 bridgehead atoms. The van der Waals surface area contributed by atoms with Crippen molar-refractivity contribution in [2.45, 2.75) is 24.1 Å². The van der Waals surface area contributed by atoms with Crippen LogP contribution >= 0.6 is 23.4 Å². The van der Waals surface area contributed by atoms with E-state index in [-0.39, 0.29) is 17.7 Å². The Morgan fingerprint density at radius 3 is 2.90 bits per heavy atom. The molecule has 1 aliphatic heterocycles. The molecule has 0 N–H and O–H groups in total. The first-order valence-electron chi connectivity index (χ1n) is 9.29. The second-order valence-corrected chi connectivity index (χ2v) is 8.05. The average molecular weight is 430 g/mol. The van der Waals surface area contributed by atoms with Crippen molar-refractivity contribution in [1.29, 1.82) is 0 Å². The minimum absolute atomic E-state index is 0.0616. The molecule has 29 heavy (non-hydrogen) atoms. The Morgan fingerprint density at radius 2 is 2.10 bits per heavy atom. The number of hydrogen-bond donors (Lipinski definition) is 0. The second-order valence-electron chi connectivity index (χ2n) is 6.69. The van der Waals surface area contributed by atoms with Gasteiger partial charge in [-0.25, -0.2) is 0 Å². The van der Waals surface area contributed by atoms with E-state index in [9.17, 15) is 4.79 Å². The first-order chi connectivity index (χ1) is 14.1. The maximum absolute atomic E-state index is 12.8. The Balaban J connectivity index is 1.39. The van der Waals surface area contributed by atoms with Gasteiger partial charge in [0.25, 0.3) is 5.22 Å². The van der Waals surface area contributed by atoms with Crippen molar-refractivity contribution in [3.63, 3.8) is 0 Å². The molecule has 8 heteroatoms. The highest BCUT2D eigenvalue weighted by atomic mass is 35.5. The van der Waals surface area contributed by atoms with Crippen molar-refractivity contribution in [2.75, 3.05) is 19.4 Å². The van der Waals surface area contributed by atoms with Gasteiger partial charge in [0.05, 0.1) is 18.9 Å². The van der Waals surface area contributed by atoms with Gasteiger partial charge in [-0.3, -0.25) is 4.79 Å². The zero-order valence-electron chi connectivity index (χ0n) is 15.9. The molecule has 2 aromatic carbocycles. The number of rotatable bonds is 6. The van der Waals surface area contributed by atoms with E-state index in [1.54, 1.807) is 19.2 Å². The van der Waals surface area contributed by atoms with Gasteiger partial charge in [0.2, 0.25) is 11.8 Å². The summed E-state index contributed by atoms with van der Waals surface area (Å²) in [5, 5.41) is 9.11. The zero-order valence-corrected chi connectivity index (χ0v) is 17.4. The van der Waals surface area contributed by atoms with Gasteiger partial charge >= 0.3 is 0 Å². The van der Waals surface area contributed by atoms with E-state index in [2.05, 4.69) is 10.2 Å². The summed E-state index contributed by atoms with van der Waals surface area (Å²) >= 11 is 7.16. The van der Waals surface area contributed by atoms with Gasteiger partial charge in [0.1, 0.15) is 5.75 Å². The van der Waals surface area contributed by atoms with Crippen LogP contribution in [0.15, 0.2) is 58.2 Å². The van der Waals surface area contributed by atoms with Crippen LogP contribution in [-0.4, -0.2) is 40.4 Å². The summed E-state index contributed by atoms with van der Waals surface area (Å²) in [5.74, 6) is 1.53. The van der Waals surface area contributed by atoms with Crippen LogP contribution in [0.1, 0.15) is 24.4 Å². The molecule has 1 amide bonds. The number of amides is 1. The summed E-state index contributed by atoms with van der Waals surface area (Å²) < 4.78 is 11.0. The molecule has 150 valence electrons. The molecule has 1 atom stereocenters. The van der Waals surface area contributed by atoms with Crippen LogP contribution in [0.4, 0.5) is 0 Å². The highest BCUT2D eigenvalue weighted by Gasteiger charge is 2.30. The highest BCUT2D eigenvalue weighted by molar-refractivity contribution is 7.99. The summed E-state index contributed by atoms with van der Waals surface area (Å²) in [7, 11) is 1.65. The maximum Gasteiger partial charge on any atom is 0.277 e. The molecule has 0 radical (unpaired) electrons. The molecule has 1 fully saturated rings. The number of hydrogen-bond acceptors (Lipinski definition) is 6. The zero-order chi connectivity index (χ0) is 20.2. The van der Waals surface area contributed by atoms with Crippen LogP contribution < -0.4 is 4.74 Å². The number of aromatic nitrogens is 2. The summed E-state index contributed by atoms with van der Waals surface area (Å²) in [6.07, 6.45) is 1.93. The maximum atomic E-state index is 12.8. The monoisotopic (exact) mass is 429 g/mol. The molecule has 4 rings (SSSR count). The average Bonchev–Trinajstić information content (AvgIpc) is 3.42. The smallest absolute Gasteiger partial charge is 0.277 e. The van der Waals surface area contributed by atoms with Gasteiger partial charge in [-0.05, 0) is 54.8 Å². The second kappa shape index (κ2) is 8.88. The van der Waals surface area contributed by atoms with Gasteiger partial charge in [-0.15, -0.1) is 10.2 Å². The van der Waals surface area contributed by atoms with Crippen molar-refractivity contribution in [3.8, 4) is 17.2 Å². The Morgan fingerprint density at radius 1 is 1.28 bits per heavy atom. The molecule has 1 unspecified atom stereocenters. The largest absolute Gasteiger partial charge is 0.497 e. The summed E-state index contributed by atoms with van der Waals surface area (Å²) in [6.45, 7) is 0.751. The predicted molar refractivity (Wildman–Crippen MR) is 112 cm³/mol. The number of halogens is 1. The van der Waals surface area contributed by atoms with E-state index in [0.29, 0.717) is 16.1 Å². The van der Waals surface area contributed by atoms with Gasteiger partial charge < -0.3 is 14.1 Å². The summed E-state index contributed by atoms with van der Waals surface area (Å²) in [4.78, 5) is 14.8. The van der Waals surface area contributed by atoms with Gasteiger partial charge in [0, 0.05) is 17.1 Å².